The Morgan fingerprint density at radius 1 is 0.261 bits per heavy atom. The van der Waals surface area contributed by atoms with Crippen molar-refractivity contribution in [3.05, 3.63) is 277 Å². The van der Waals surface area contributed by atoms with E-state index in [9.17, 15) is 0 Å². The van der Waals surface area contributed by atoms with E-state index in [0.29, 0.717) is 0 Å². The van der Waals surface area contributed by atoms with Crippen LogP contribution < -0.4 is 4.90 Å². The molecule has 0 bridgehead atoms. The number of nitrogens with zero attached hydrogens (tertiary/aromatic N) is 2. The second-order valence-electron chi connectivity index (χ2n) is 18.7. The number of aromatic nitrogens is 1. The van der Waals surface area contributed by atoms with Gasteiger partial charge in [-0.25, -0.2) is 0 Å². The molecule has 0 amide bonds. The smallest absolute Gasteiger partial charge is 0.0725 e. The molecule has 2 aliphatic carbocycles. The average Bonchev–Trinajstić information content (AvgIpc) is 4.03. The molecule has 0 saturated carbocycles. The van der Waals surface area contributed by atoms with Gasteiger partial charge in [-0.3, -0.25) is 0 Å². The summed E-state index contributed by atoms with van der Waals surface area (Å²) in [4.78, 5) is 2.46. The van der Waals surface area contributed by atoms with Crippen molar-refractivity contribution in [1.29, 1.82) is 0 Å². The molecular formula is C67H42N2. The van der Waals surface area contributed by atoms with E-state index < -0.39 is 5.41 Å². The molecule has 1 spiro atoms. The Morgan fingerprint density at radius 3 is 1.19 bits per heavy atom. The Morgan fingerprint density at radius 2 is 0.638 bits per heavy atom. The highest BCUT2D eigenvalue weighted by molar-refractivity contribution is 6.26. The third kappa shape index (κ3) is 5.31. The van der Waals surface area contributed by atoms with E-state index in [4.69, 9.17) is 0 Å². The van der Waals surface area contributed by atoms with Crippen molar-refractivity contribution in [2.45, 2.75) is 5.41 Å². The van der Waals surface area contributed by atoms with Gasteiger partial charge in [0.15, 0.2) is 0 Å². The molecule has 69 heavy (non-hydrogen) atoms. The van der Waals surface area contributed by atoms with Gasteiger partial charge in [0.25, 0.3) is 0 Å². The maximum Gasteiger partial charge on any atom is 0.0725 e. The standard InChI is InChI=1S/C67H42N2/c1-2-17-51-49(15-1)50-16-3-4-18-52(50)59-41-47(37-39-53(51)59)68(45-33-29-43(30-34-45)44-31-35-46(36-32-44)69-65-27-13-8-22-57(65)58-23-9-14-28-66(58)69)48-38-40-64-60(42-48)56-21-7-12-26-63(56)67(64)61-24-10-5-19-54(61)55-20-6-11-25-62(55)67/h1-42H. The van der Waals surface area contributed by atoms with E-state index in [0.717, 1.165) is 22.7 Å². The van der Waals surface area contributed by atoms with Gasteiger partial charge in [-0.05, 0) is 149 Å². The monoisotopic (exact) mass is 874 g/mol. The number of para-hydroxylation sites is 2. The van der Waals surface area contributed by atoms with Crippen molar-refractivity contribution in [1.82, 2.24) is 4.57 Å². The molecule has 0 radical (unpaired) electrons. The van der Waals surface area contributed by atoms with E-state index in [1.165, 1.54) is 110 Å². The van der Waals surface area contributed by atoms with Crippen molar-refractivity contribution in [3.63, 3.8) is 0 Å². The summed E-state index contributed by atoms with van der Waals surface area (Å²) in [5.74, 6) is 0. The van der Waals surface area contributed by atoms with Gasteiger partial charge in [-0.15, -0.1) is 0 Å². The van der Waals surface area contributed by atoms with Crippen molar-refractivity contribution in [2.24, 2.45) is 0 Å². The topological polar surface area (TPSA) is 8.17 Å². The summed E-state index contributed by atoms with van der Waals surface area (Å²) in [6, 6.07) is 94.8. The zero-order valence-corrected chi connectivity index (χ0v) is 37.6. The lowest BCUT2D eigenvalue weighted by molar-refractivity contribution is 0.794. The highest BCUT2D eigenvalue weighted by atomic mass is 15.1. The largest absolute Gasteiger partial charge is 0.310 e. The molecule has 0 N–H and O–H groups in total. The van der Waals surface area contributed by atoms with Gasteiger partial charge in [-0.2, -0.15) is 0 Å². The number of fused-ring (bicyclic) bond motifs is 19. The Bertz CT molecular complexity index is 4120. The first-order valence-electron chi connectivity index (χ1n) is 24.0. The first-order valence-corrected chi connectivity index (χ1v) is 24.0. The Labute approximate surface area is 400 Å². The van der Waals surface area contributed by atoms with Crippen molar-refractivity contribution in [3.8, 4) is 39.1 Å². The normalized spacial score (nSPS) is 13.0. The number of hydrogen-bond donors (Lipinski definition) is 0. The lowest BCUT2D eigenvalue weighted by Crippen LogP contribution is -2.25. The summed E-state index contributed by atoms with van der Waals surface area (Å²) in [7, 11) is 0. The van der Waals surface area contributed by atoms with E-state index in [2.05, 4.69) is 264 Å². The molecule has 1 heterocycles. The van der Waals surface area contributed by atoms with E-state index >= 15 is 0 Å². The molecule has 2 aliphatic rings. The Balaban J connectivity index is 0.899. The van der Waals surface area contributed by atoms with E-state index in [1.54, 1.807) is 0 Å². The van der Waals surface area contributed by atoms with Gasteiger partial charge in [0.1, 0.15) is 0 Å². The van der Waals surface area contributed by atoms with E-state index in [-0.39, 0.29) is 0 Å². The summed E-state index contributed by atoms with van der Waals surface area (Å²) in [5.41, 5.74) is 19.5. The highest BCUT2D eigenvalue weighted by Crippen LogP contribution is 2.63. The molecule has 0 saturated heterocycles. The Kier molecular flexibility index (Phi) is 8.02. The summed E-state index contributed by atoms with van der Waals surface area (Å²) in [5, 5.41) is 10.1. The minimum Gasteiger partial charge on any atom is -0.310 e. The fraction of sp³-hybridized carbons (Fsp3) is 0.0149. The van der Waals surface area contributed by atoms with E-state index in [1.807, 2.05) is 0 Å². The predicted molar refractivity (Wildman–Crippen MR) is 290 cm³/mol. The molecule has 0 atom stereocenters. The van der Waals surface area contributed by atoms with Crippen LogP contribution in [0.4, 0.5) is 17.1 Å². The summed E-state index contributed by atoms with van der Waals surface area (Å²) >= 11 is 0. The van der Waals surface area contributed by atoms with Crippen LogP contribution in [0.3, 0.4) is 0 Å². The molecule has 1 aromatic heterocycles. The second-order valence-corrected chi connectivity index (χ2v) is 18.7. The lowest BCUT2D eigenvalue weighted by atomic mass is 9.70. The predicted octanol–water partition coefficient (Wildman–Crippen LogP) is 17.7. The SMILES string of the molecule is c1ccc2c(c1)-c1ccccc1C21c2ccccc2-c2cc(N(c3ccc(-c4ccc(-n5c6ccccc6c6ccccc65)cc4)cc3)c3ccc4c5ccccc5c5ccccc5c4c3)ccc21. The van der Waals surface area contributed by atoms with Crippen LogP contribution in [0.15, 0.2) is 255 Å². The van der Waals surface area contributed by atoms with Crippen LogP contribution in [0.5, 0.6) is 0 Å². The summed E-state index contributed by atoms with van der Waals surface area (Å²) < 4.78 is 2.38. The fourth-order valence-corrected chi connectivity index (χ4v) is 12.5. The van der Waals surface area contributed by atoms with Crippen LogP contribution in [0.25, 0.3) is 93.2 Å². The minimum absolute atomic E-state index is 0.399. The maximum absolute atomic E-state index is 2.46. The number of anilines is 3. The van der Waals surface area contributed by atoms with Gasteiger partial charge < -0.3 is 9.47 Å². The first kappa shape index (κ1) is 38.2. The molecule has 0 fully saturated rings. The molecule has 2 nitrogen and oxygen atoms in total. The van der Waals surface area contributed by atoms with Gasteiger partial charge in [-0.1, -0.05) is 194 Å². The third-order valence-electron chi connectivity index (χ3n) is 15.4. The molecule has 2 heteroatoms. The molecule has 320 valence electrons. The van der Waals surface area contributed by atoms with Crippen LogP contribution in [0.2, 0.25) is 0 Å². The molecule has 15 rings (SSSR count). The maximum atomic E-state index is 2.46. The van der Waals surface area contributed by atoms with Crippen LogP contribution in [0, 0.1) is 0 Å². The van der Waals surface area contributed by atoms with Gasteiger partial charge >= 0.3 is 0 Å². The van der Waals surface area contributed by atoms with Crippen LogP contribution in [0.1, 0.15) is 22.3 Å². The fourth-order valence-electron chi connectivity index (χ4n) is 12.5. The molecule has 12 aromatic carbocycles. The first-order chi connectivity index (χ1) is 34.2. The molecular weight excluding hydrogens is 833 g/mol. The highest BCUT2D eigenvalue weighted by Gasteiger charge is 2.51. The third-order valence-corrected chi connectivity index (χ3v) is 15.4. The summed E-state index contributed by atoms with van der Waals surface area (Å²) in [6.07, 6.45) is 0. The molecule has 13 aromatic rings. The number of hydrogen-bond acceptors (Lipinski definition) is 1. The van der Waals surface area contributed by atoms with Gasteiger partial charge in [0.2, 0.25) is 0 Å². The minimum atomic E-state index is -0.399. The van der Waals surface area contributed by atoms with Crippen molar-refractivity contribution in [2.75, 3.05) is 4.90 Å². The number of rotatable bonds is 5. The quantitative estimate of drug-likeness (QED) is 0.156. The van der Waals surface area contributed by atoms with Crippen LogP contribution in [-0.2, 0) is 5.41 Å². The average molecular weight is 875 g/mol. The van der Waals surface area contributed by atoms with Crippen molar-refractivity contribution >= 4 is 71.2 Å². The second kappa shape index (κ2) is 14.5. The van der Waals surface area contributed by atoms with Crippen LogP contribution in [-0.4, -0.2) is 4.57 Å². The molecule has 0 aliphatic heterocycles. The van der Waals surface area contributed by atoms with Crippen molar-refractivity contribution < 1.29 is 0 Å². The van der Waals surface area contributed by atoms with Gasteiger partial charge in [0.05, 0.1) is 16.4 Å². The molecule has 0 unspecified atom stereocenters. The van der Waals surface area contributed by atoms with Gasteiger partial charge in [0, 0.05) is 33.5 Å². The number of benzene rings is 12. The zero-order valence-electron chi connectivity index (χ0n) is 37.6. The van der Waals surface area contributed by atoms with Crippen LogP contribution >= 0.6 is 0 Å². The summed E-state index contributed by atoms with van der Waals surface area (Å²) in [6.45, 7) is 0. The lowest BCUT2D eigenvalue weighted by Gasteiger charge is -2.31. The zero-order chi connectivity index (χ0) is 45.2. The Hall–Kier alpha value is -8.98.